The number of thiazole rings is 1. The van der Waals surface area contributed by atoms with Gasteiger partial charge >= 0.3 is 0 Å². The van der Waals surface area contributed by atoms with E-state index in [1.807, 2.05) is 26.8 Å². The number of aryl methyl sites for hydroxylation is 2. The first-order valence-electron chi connectivity index (χ1n) is 6.35. The van der Waals surface area contributed by atoms with Gasteiger partial charge in [-0.1, -0.05) is 6.07 Å². The van der Waals surface area contributed by atoms with Crippen molar-refractivity contribution < 1.29 is 8.42 Å². The van der Waals surface area contributed by atoms with Crippen LogP contribution in [0.2, 0.25) is 0 Å². The number of anilines is 2. The van der Waals surface area contributed by atoms with Crippen LogP contribution in [0.25, 0.3) is 0 Å². The quantitative estimate of drug-likeness (QED) is 0.786. The van der Waals surface area contributed by atoms with Gasteiger partial charge in [0.2, 0.25) is 0 Å². The summed E-state index contributed by atoms with van der Waals surface area (Å²) in [5.74, 6) is 0. The molecular formula is C13H18N4O2S2. The van der Waals surface area contributed by atoms with Crippen molar-refractivity contribution in [3.63, 3.8) is 0 Å². The van der Waals surface area contributed by atoms with Gasteiger partial charge in [-0.05, 0) is 39.0 Å². The highest BCUT2D eigenvalue weighted by Gasteiger charge is 2.13. The highest BCUT2D eigenvalue weighted by molar-refractivity contribution is 7.90. The second-order valence-corrected chi connectivity index (χ2v) is 7.31. The fourth-order valence-electron chi connectivity index (χ4n) is 2.10. The van der Waals surface area contributed by atoms with E-state index in [-0.39, 0.29) is 6.04 Å². The number of hydrogen-bond donors (Lipinski definition) is 3. The van der Waals surface area contributed by atoms with Crippen LogP contribution in [0, 0.1) is 13.8 Å². The van der Waals surface area contributed by atoms with E-state index in [0.717, 1.165) is 21.3 Å². The summed E-state index contributed by atoms with van der Waals surface area (Å²) in [4.78, 5) is 5.57. The molecule has 0 fully saturated rings. The predicted octanol–water partition coefficient (Wildman–Crippen LogP) is 2.55. The highest BCUT2D eigenvalue weighted by atomic mass is 32.2. The van der Waals surface area contributed by atoms with Gasteiger partial charge in [0.1, 0.15) is 0 Å². The van der Waals surface area contributed by atoms with Crippen LogP contribution in [0.5, 0.6) is 0 Å². The number of nitrogens with zero attached hydrogens (tertiary/aromatic N) is 1. The Kier molecular flexibility index (Phi) is 4.50. The molecule has 0 aliphatic carbocycles. The van der Waals surface area contributed by atoms with Gasteiger partial charge < -0.3 is 5.32 Å². The zero-order valence-electron chi connectivity index (χ0n) is 12.0. The van der Waals surface area contributed by atoms with E-state index in [4.69, 9.17) is 5.14 Å². The Morgan fingerprint density at radius 1 is 1.29 bits per heavy atom. The smallest absolute Gasteiger partial charge is 0.296 e. The number of aromatic nitrogens is 1. The number of benzene rings is 1. The van der Waals surface area contributed by atoms with E-state index >= 15 is 0 Å². The molecular weight excluding hydrogens is 308 g/mol. The van der Waals surface area contributed by atoms with Gasteiger partial charge in [0, 0.05) is 10.6 Å². The molecule has 8 heteroatoms. The van der Waals surface area contributed by atoms with E-state index < -0.39 is 10.2 Å². The van der Waals surface area contributed by atoms with Gasteiger partial charge in [-0.3, -0.25) is 4.72 Å². The normalized spacial score (nSPS) is 13.0. The Morgan fingerprint density at radius 2 is 1.95 bits per heavy atom. The highest BCUT2D eigenvalue weighted by Crippen LogP contribution is 2.28. The van der Waals surface area contributed by atoms with Crippen molar-refractivity contribution in [2.45, 2.75) is 26.8 Å². The van der Waals surface area contributed by atoms with Crippen LogP contribution >= 0.6 is 11.3 Å². The van der Waals surface area contributed by atoms with Crippen molar-refractivity contribution in [1.29, 1.82) is 0 Å². The van der Waals surface area contributed by atoms with Crippen molar-refractivity contribution >= 4 is 32.9 Å². The summed E-state index contributed by atoms with van der Waals surface area (Å²) in [7, 11) is -3.76. The van der Waals surface area contributed by atoms with Crippen molar-refractivity contribution in [1.82, 2.24) is 4.98 Å². The topological polar surface area (TPSA) is 97.1 Å². The minimum absolute atomic E-state index is 0.0842. The van der Waals surface area contributed by atoms with Gasteiger partial charge in [-0.2, -0.15) is 8.42 Å². The zero-order chi connectivity index (χ0) is 15.6. The molecule has 2 rings (SSSR count). The molecule has 0 aliphatic rings. The molecule has 0 saturated carbocycles. The summed E-state index contributed by atoms with van der Waals surface area (Å²) < 4.78 is 24.3. The SMILES string of the molecule is Cc1nc(C)c(C(C)Nc2cccc(NS(N)(=O)=O)c2)s1. The molecule has 2 aromatic rings. The van der Waals surface area contributed by atoms with Crippen LogP contribution in [-0.2, 0) is 10.2 Å². The number of rotatable bonds is 5. The average molecular weight is 326 g/mol. The maximum Gasteiger partial charge on any atom is 0.296 e. The van der Waals surface area contributed by atoms with Gasteiger partial charge in [0.25, 0.3) is 10.2 Å². The Balaban J connectivity index is 2.16. The number of nitrogens with two attached hydrogens (primary N) is 1. The summed E-state index contributed by atoms with van der Waals surface area (Å²) in [5, 5.41) is 9.33. The molecule has 21 heavy (non-hydrogen) atoms. The molecule has 0 spiro atoms. The fraction of sp³-hybridized carbons (Fsp3) is 0.308. The Morgan fingerprint density at radius 3 is 2.52 bits per heavy atom. The van der Waals surface area contributed by atoms with E-state index in [0.29, 0.717) is 5.69 Å². The summed E-state index contributed by atoms with van der Waals surface area (Å²) in [6, 6.07) is 7.05. The van der Waals surface area contributed by atoms with Crippen LogP contribution in [0.1, 0.15) is 28.5 Å². The largest absolute Gasteiger partial charge is 0.378 e. The minimum Gasteiger partial charge on any atom is -0.378 e. The first-order chi connectivity index (χ1) is 9.74. The lowest BCUT2D eigenvalue weighted by Crippen LogP contribution is -2.21. The summed E-state index contributed by atoms with van der Waals surface area (Å²) >= 11 is 1.65. The molecule has 1 aromatic heterocycles. The van der Waals surface area contributed by atoms with E-state index in [2.05, 4.69) is 15.0 Å². The van der Waals surface area contributed by atoms with Crippen LogP contribution in [0.3, 0.4) is 0 Å². The molecule has 0 saturated heterocycles. The van der Waals surface area contributed by atoms with Gasteiger partial charge in [-0.25, -0.2) is 10.1 Å². The Labute approximate surface area is 128 Å². The third-order valence-corrected chi connectivity index (χ3v) is 4.61. The summed E-state index contributed by atoms with van der Waals surface area (Å²) in [5.41, 5.74) is 2.24. The first kappa shape index (κ1) is 15.7. The van der Waals surface area contributed by atoms with E-state index in [9.17, 15) is 8.42 Å². The van der Waals surface area contributed by atoms with Crippen LogP contribution < -0.4 is 15.2 Å². The maximum absolute atomic E-state index is 11.0. The van der Waals surface area contributed by atoms with E-state index in [1.165, 1.54) is 0 Å². The average Bonchev–Trinajstić information content (AvgIpc) is 2.66. The molecule has 0 bridgehead atoms. The summed E-state index contributed by atoms with van der Waals surface area (Å²) in [6.07, 6.45) is 0. The second-order valence-electron chi connectivity index (χ2n) is 4.78. The molecule has 6 nitrogen and oxygen atoms in total. The van der Waals surface area contributed by atoms with Gasteiger partial charge in [-0.15, -0.1) is 11.3 Å². The molecule has 0 aliphatic heterocycles. The molecule has 1 aromatic carbocycles. The summed E-state index contributed by atoms with van der Waals surface area (Å²) in [6.45, 7) is 6.00. The Hall–Kier alpha value is -1.64. The number of hydrogen-bond acceptors (Lipinski definition) is 5. The van der Waals surface area contributed by atoms with Gasteiger partial charge in [0.05, 0.1) is 22.4 Å². The molecule has 4 N–H and O–H groups in total. The van der Waals surface area contributed by atoms with Crippen LogP contribution in [-0.4, -0.2) is 13.4 Å². The fourth-order valence-corrected chi connectivity index (χ4v) is 3.49. The van der Waals surface area contributed by atoms with E-state index in [1.54, 1.807) is 29.5 Å². The molecule has 0 radical (unpaired) electrons. The lowest BCUT2D eigenvalue weighted by molar-refractivity contribution is 0.603. The van der Waals surface area contributed by atoms with Gasteiger partial charge in [0.15, 0.2) is 0 Å². The lowest BCUT2D eigenvalue weighted by atomic mass is 10.2. The van der Waals surface area contributed by atoms with Crippen molar-refractivity contribution in [3.05, 3.63) is 39.8 Å². The molecule has 1 unspecified atom stereocenters. The monoisotopic (exact) mass is 326 g/mol. The first-order valence-corrected chi connectivity index (χ1v) is 8.72. The second kappa shape index (κ2) is 6.00. The van der Waals surface area contributed by atoms with Crippen molar-refractivity contribution in [2.24, 2.45) is 5.14 Å². The molecule has 1 heterocycles. The predicted molar refractivity (Wildman–Crippen MR) is 86.8 cm³/mol. The minimum atomic E-state index is -3.76. The standard InChI is InChI=1S/C13H18N4O2S2/c1-8-13(20-10(3)15-8)9(2)16-11-5-4-6-12(7-11)17-21(14,18)19/h4-7,9,16-17H,1-3H3,(H2,14,18,19). The molecule has 114 valence electrons. The zero-order valence-corrected chi connectivity index (χ0v) is 13.7. The Bertz CT molecular complexity index is 740. The van der Waals surface area contributed by atoms with Crippen LogP contribution in [0.4, 0.5) is 11.4 Å². The maximum atomic E-state index is 11.0. The molecule has 0 amide bonds. The lowest BCUT2D eigenvalue weighted by Gasteiger charge is -2.15. The third-order valence-electron chi connectivity index (χ3n) is 2.84. The third kappa shape index (κ3) is 4.42. The van der Waals surface area contributed by atoms with Crippen molar-refractivity contribution in [3.8, 4) is 0 Å². The number of nitrogens with one attached hydrogen (secondary N) is 2. The van der Waals surface area contributed by atoms with Crippen LogP contribution in [0.15, 0.2) is 24.3 Å². The molecule has 1 atom stereocenters. The van der Waals surface area contributed by atoms with Crippen molar-refractivity contribution in [2.75, 3.05) is 10.0 Å².